The molecule has 0 spiro atoms. The van der Waals surface area contributed by atoms with E-state index in [2.05, 4.69) is 46.2 Å². The fourth-order valence-corrected chi connectivity index (χ4v) is 5.19. The van der Waals surface area contributed by atoms with Gasteiger partial charge >= 0.3 is 0 Å². The molecule has 10 nitrogen and oxygen atoms in total. The summed E-state index contributed by atoms with van der Waals surface area (Å²) in [7, 11) is 0. The summed E-state index contributed by atoms with van der Waals surface area (Å²) >= 11 is 0. The predicted octanol–water partition coefficient (Wildman–Crippen LogP) is 3.44. The number of anilines is 1. The second-order valence-corrected chi connectivity index (χ2v) is 10.3. The van der Waals surface area contributed by atoms with Crippen LogP contribution in [0.25, 0.3) is 10.9 Å². The molecule has 2 aromatic carbocycles. The van der Waals surface area contributed by atoms with Crippen LogP contribution in [0, 0.1) is 5.82 Å². The van der Waals surface area contributed by atoms with Crippen LogP contribution in [0.3, 0.4) is 0 Å². The molecule has 1 atom stereocenters. The van der Waals surface area contributed by atoms with E-state index in [1.165, 1.54) is 6.07 Å². The molecule has 11 heteroatoms. The number of hydrogen-bond acceptors (Lipinski definition) is 8. The van der Waals surface area contributed by atoms with Gasteiger partial charge in [-0.1, -0.05) is 19.1 Å². The van der Waals surface area contributed by atoms with Gasteiger partial charge in [-0.3, -0.25) is 9.69 Å². The fourth-order valence-electron chi connectivity index (χ4n) is 5.19. The minimum atomic E-state index is -0.503. The van der Waals surface area contributed by atoms with Gasteiger partial charge in [0, 0.05) is 43.2 Å². The summed E-state index contributed by atoms with van der Waals surface area (Å²) in [5.74, 6) is 1.61. The first-order chi connectivity index (χ1) is 18.4. The number of hydrogen-bond donors (Lipinski definition) is 1. The third-order valence-corrected chi connectivity index (χ3v) is 7.71. The Bertz CT molecular complexity index is 1540. The van der Waals surface area contributed by atoms with Crippen LogP contribution in [0.4, 0.5) is 10.1 Å². The number of benzene rings is 2. The molecule has 4 heterocycles. The molecule has 4 aromatic rings. The summed E-state index contributed by atoms with van der Waals surface area (Å²) in [5, 5.41) is 13.6. The monoisotopic (exact) mass is 519 g/mol. The van der Waals surface area contributed by atoms with Crippen LogP contribution in [-0.2, 0) is 5.54 Å². The first-order valence-corrected chi connectivity index (χ1v) is 12.8. The van der Waals surface area contributed by atoms with Gasteiger partial charge in [0.15, 0.2) is 17.3 Å². The highest BCUT2D eigenvalue weighted by Crippen LogP contribution is 2.37. The topological polar surface area (TPSA) is 101 Å². The van der Waals surface area contributed by atoms with E-state index in [9.17, 15) is 9.18 Å². The Balaban J connectivity index is 1.42. The number of ether oxygens (including phenoxy) is 2. The smallest absolute Gasteiger partial charge is 0.253 e. The number of nitrogens with one attached hydrogen (secondary N) is 1. The molecular formula is C27H30FN7O3. The standard InChI is InChI=1S/C27H30FN7O3/c1-4-27(2,3)35-25(30-31-32-35)24(34-11-9-33(10-12-34)21-8-6-5-7-19(21)28)18-13-17-14-22-23(38-16-37-22)15-20(17)29-26(18)36/h5-8,13-15,24H,4,9-12,16H2,1-3H3,(H,29,36)/t24-/m0/s1. The third-order valence-electron chi connectivity index (χ3n) is 7.71. The Labute approximate surface area is 219 Å². The van der Waals surface area contributed by atoms with Crippen molar-refractivity contribution in [2.45, 2.75) is 38.8 Å². The number of aromatic amines is 1. The summed E-state index contributed by atoms with van der Waals surface area (Å²) in [6.45, 7) is 8.77. The molecule has 1 saturated heterocycles. The van der Waals surface area contributed by atoms with E-state index in [4.69, 9.17) is 9.47 Å². The highest BCUT2D eigenvalue weighted by Gasteiger charge is 2.36. The van der Waals surface area contributed by atoms with E-state index in [1.807, 2.05) is 27.8 Å². The SMILES string of the molecule is CCC(C)(C)n1nnnc1[C@H](c1cc2cc3c(cc2[nH]c1=O)OCO3)N1CCN(c2ccccc2F)CC1. The van der Waals surface area contributed by atoms with E-state index in [0.29, 0.717) is 60.3 Å². The Hall–Kier alpha value is -3.99. The molecule has 2 aliphatic heterocycles. The molecule has 0 saturated carbocycles. The number of para-hydroxylation sites is 1. The zero-order chi connectivity index (χ0) is 26.4. The summed E-state index contributed by atoms with van der Waals surface area (Å²) in [4.78, 5) is 20.8. The quantitative estimate of drug-likeness (QED) is 0.414. The van der Waals surface area contributed by atoms with Crippen molar-refractivity contribution in [3.8, 4) is 11.5 Å². The van der Waals surface area contributed by atoms with Crippen LogP contribution in [0.5, 0.6) is 11.5 Å². The molecule has 198 valence electrons. The van der Waals surface area contributed by atoms with Crippen LogP contribution >= 0.6 is 0 Å². The molecule has 6 rings (SSSR count). The number of halogens is 1. The third kappa shape index (κ3) is 4.16. The van der Waals surface area contributed by atoms with Gasteiger partial charge in [-0.25, -0.2) is 9.07 Å². The van der Waals surface area contributed by atoms with Crippen LogP contribution in [0.2, 0.25) is 0 Å². The maximum absolute atomic E-state index is 14.5. The normalized spacial score (nSPS) is 16.8. The minimum absolute atomic E-state index is 0.151. The lowest BCUT2D eigenvalue weighted by Crippen LogP contribution is -2.49. The lowest BCUT2D eigenvalue weighted by molar-refractivity contribution is 0.174. The van der Waals surface area contributed by atoms with Gasteiger partial charge in [0.25, 0.3) is 5.56 Å². The number of H-pyrrole nitrogens is 1. The molecule has 0 unspecified atom stereocenters. The van der Waals surface area contributed by atoms with Gasteiger partial charge in [0.1, 0.15) is 11.9 Å². The van der Waals surface area contributed by atoms with Crippen LogP contribution < -0.4 is 19.9 Å². The van der Waals surface area contributed by atoms with Crippen molar-refractivity contribution in [2.75, 3.05) is 37.9 Å². The highest BCUT2D eigenvalue weighted by atomic mass is 19.1. The van der Waals surface area contributed by atoms with Gasteiger partial charge < -0.3 is 19.4 Å². The Morgan fingerprint density at radius 3 is 2.55 bits per heavy atom. The lowest BCUT2D eigenvalue weighted by Gasteiger charge is -2.40. The van der Waals surface area contributed by atoms with E-state index in [1.54, 1.807) is 18.2 Å². The van der Waals surface area contributed by atoms with E-state index in [-0.39, 0.29) is 23.7 Å². The van der Waals surface area contributed by atoms with E-state index in [0.717, 1.165) is 11.8 Å². The van der Waals surface area contributed by atoms with Crippen molar-refractivity contribution in [2.24, 2.45) is 0 Å². The molecule has 1 fully saturated rings. The number of nitrogens with zero attached hydrogens (tertiary/aromatic N) is 6. The molecular weight excluding hydrogens is 489 g/mol. The minimum Gasteiger partial charge on any atom is -0.454 e. The molecule has 0 radical (unpaired) electrons. The highest BCUT2D eigenvalue weighted by molar-refractivity contribution is 5.83. The molecule has 0 bridgehead atoms. The van der Waals surface area contributed by atoms with Crippen LogP contribution in [0.1, 0.15) is 44.6 Å². The molecule has 1 N–H and O–H groups in total. The molecule has 38 heavy (non-hydrogen) atoms. The van der Waals surface area contributed by atoms with Crippen molar-refractivity contribution in [1.29, 1.82) is 0 Å². The molecule has 0 aliphatic carbocycles. The molecule has 0 amide bonds. The average molecular weight is 520 g/mol. The largest absolute Gasteiger partial charge is 0.454 e. The Kier molecular flexibility index (Phi) is 6.02. The fraction of sp³-hybridized carbons (Fsp3) is 0.407. The van der Waals surface area contributed by atoms with Crippen LogP contribution in [-0.4, -0.2) is 63.1 Å². The maximum atomic E-state index is 14.5. The summed E-state index contributed by atoms with van der Waals surface area (Å²) in [5.41, 5.74) is 1.21. The number of tetrazole rings is 1. The Morgan fingerprint density at radius 2 is 1.82 bits per heavy atom. The first-order valence-electron chi connectivity index (χ1n) is 12.8. The van der Waals surface area contributed by atoms with Gasteiger partial charge in [-0.05, 0) is 55.0 Å². The second-order valence-electron chi connectivity index (χ2n) is 10.3. The zero-order valence-electron chi connectivity index (χ0n) is 21.6. The van der Waals surface area contributed by atoms with Crippen molar-refractivity contribution in [3.63, 3.8) is 0 Å². The molecule has 2 aliphatic rings. The summed E-state index contributed by atoms with van der Waals surface area (Å²) < 4.78 is 27.4. The van der Waals surface area contributed by atoms with Crippen molar-refractivity contribution in [3.05, 3.63) is 70.0 Å². The molecule has 2 aromatic heterocycles. The van der Waals surface area contributed by atoms with E-state index >= 15 is 0 Å². The lowest BCUT2D eigenvalue weighted by atomic mass is 9.98. The zero-order valence-corrected chi connectivity index (χ0v) is 21.6. The Morgan fingerprint density at radius 1 is 1.08 bits per heavy atom. The second kappa shape index (κ2) is 9.39. The van der Waals surface area contributed by atoms with Gasteiger partial charge in [-0.2, -0.15) is 0 Å². The van der Waals surface area contributed by atoms with Gasteiger partial charge in [-0.15, -0.1) is 5.10 Å². The van der Waals surface area contributed by atoms with Crippen LogP contribution in [0.15, 0.2) is 47.3 Å². The number of rotatable bonds is 6. The van der Waals surface area contributed by atoms with Crippen molar-refractivity contribution in [1.82, 2.24) is 30.1 Å². The van der Waals surface area contributed by atoms with Crippen molar-refractivity contribution < 1.29 is 13.9 Å². The van der Waals surface area contributed by atoms with Gasteiger partial charge in [0.2, 0.25) is 6.79 Å². The predicted molar refractivity (Wildman–Crippen MR) is 140 cm³/mol. The number of pyridine rings is 1. The average Bonchev–Trinajstić information content (AvgIpc) is 3.59. The number of aromatic nitrogens is 5. The summed E-state index contributed by atoms with van der Waals surface area (Å²) in [6.07, 6.45) is 0.802. The number of fused-ring (bicyclic) bond motifs is 2. The van der Waals surface area contributed by atoms with E-state index < -0.39 is 6.04 Å². The maximum Gasteiger partial charge on any atom is 0.253 e. The van der Waals surface area contributed by atoms with Crippen molar-refractivity contribution >= 4 is 16.6 Å². The number of piperazine rings is 1. The van der Waals surface area contributed by atoms with Gasteiger partial charge in [0.05, 0.1) is 16.7 Å². The summed E-state index contributed by atoms with van der Waals surface area (Å²) in [6, 6.07) is 11.9. The first kappa shape index (κ1) is 24.4.